The second-order valence-electron chi connectivity index (χ2n) is 5.53. The molecule has 1 aliphatic carbocycles. The lowest BCUT2D eigenvalue weighted by Gasteiger charge is -2.35. The van der Waals surface area contributed by atoms with Crippen molar-refractivity contribution in [1.82, 2.24) is 4.90 Å². The van der Waals surface area contributed by atoms with Gasteiger partial charge < -0.3 is 10.6 Å². The molecule has 0 spiro atoms. The largest absolute Gasteiger partial charge is 0.341 e. The van der Waals surface area contributed by atoms with E-state index in [0.717, 1.165) is 38.8 Å². The van der Waals surface area contributed by atoms with Gasteiger partial charge >= 0.3 is 0 Å². The molecule has 2 N–H and O–H groups in total. The van der Waals surface area contributed by atoms with Gasteiger partial charge in [0.15, 0.2) is 0 Å². The molecule has 3 nitrogen and oxygen atoms in total. The molecule has 0 aromatic rings. The highest BCUT2D eigenvalue weighted by atomic mass is 35.5. The van der Waals surface area contributed by atoms with Crippen LogP contribution >= 0.6 is 12.4 Å². The summed E-state index contributed by atoms with van der Waals surface area (Å²) in [4.78, 5) is 14.4. The molecule has 1 saturated heterocycles. The standard InChI is InChI=1S/C13H24N2O.ClH/c1-2-11-6-9-15(10-11)12(16)13(14)7-4-3-5-8-13;/h11H,2-10,14H2,1H3;1H. The predicted octanol–water partition coefficient (Wildman–Crippen LogP) is 2.33. The second kappa shape index (κ2) is 6.05. The van der Waals surface area contributed by atoms with Gasteiger partial charge in [-0.05, 0) is 25.2 Å². The molecular formula is C13H25ClN2O. The van der Waals surface area contributed by atoms with Crippen LogP contribution in [0, 0.1) is 5.92 Å². The van der Waals surface area contributed by atoms with Gasteiger partial charge in [-0.2, -0.15) is 0 Å². The summed E-state index contributed by atoms with van der Waals surface area (Å²) < 4.78 is 0. The van der Waals surface area contributed by atoms with Gasteiger partial charge in [0.2, 0.25) is 5.91 Å². The Balaban J connectivity index is 0.00000144. The van der Waals surface area contributed by atoms with E-state index >= 15 is 0 Å². The molecule has 1 heterocycles. The highest BCUT2D eigenvalue weighted by molar-refractivity contribution is 5.86. The summed E-state index contributed by atoms with van der Waals surface area (Å²) >= 11 is 0. The van der Waals surface area contributed by atoms with Gasteiger partial charge in [-0.25, -0.2) is 0 Å². The lowest BCUT2D eigenvalue weighted by Crippen LogP contribution is -2.55. The van der Waals surface area contributed by atoms with Crippen LogP contribution in [0.5, 0.6) is 0 Å². The van der Waals surface area contributed by atoms with Crippen molar-refractivity contribution in [3.05, 3.63) is 0 Å². The molecule has 2 rings (SSSR count). The normalized spacial score (nSPS) is 27.6. The number of nitrogens with two attached hydrogens (primary N) is 1. The van der Waals surface area contributed by atoms with Crippen LogP contribution < -0.4 is 5.73 Å². The fourth-order valence-corrected chi connectivity index (χ4v) is 3.06. The Hall–Kier alpha value is -0.280. The number of rotatable bonds is 2. The first kappa shape index (κ1) is 14.8. The molecule has 1 atom stereocenters. The van der Waals surface area contributed by atoms with Crippen molar-refractivity contribution in [2.24, 2.45) is 11.7 Å². The van der Waals surface area contributed by atoms with E-state index in [1.54, 1.807) is 0 Å². The molecule has 0 aromatic heterocycles. The number of nitrogens with zero attached hydrogens (tertiary/aromatic N) is 1. The van der Waals surface area contributed by atoms with Crippen LogP contribution in [0.15, 0.2) is 0 Å². The molecule has 17 heavy (non-hydrogen) atoms. The third-order valence-corrected chi connectivity index (χ3v) is 4.32. The average Bonchev–Trinajstić information content (AvgIpc) is 2.77. The fourth-order valence-electron chi connectivity index (χ4n) is 3.06. The van der Waals surface area contributed by atoms with Crippen molar-refractivity contribution >= 4 is 18.3 Å². The molecule has 1 aliphatic heterocycles. The predicted molar refractivity (Wildman–Crippen MR) is 72.2 cm³/mol. The quantitative estimate of drug-likeness (QED) is 0.828. The van der Waals surface area contributed by atoms with Crippen LogP contribution in [0.3, 0.4) is 0 Å². The summed E-state index contributed by atoms with van der Waals surface area (Å²) in [6.07, 6.45) is 7.60. The third-order valence-electron chi connectivity index (χ3n) is 4.32. The van der Waals surface area contributed by atoms with Crippen LogP contribution in [0.2, 0.25) is 0 Å². The molecule has 1 amide bonds. The number of halogens is 1. The highest BCUT2D eigenvalue weighted by Crippen LogP contribution is 2.30. The van der Waals surface area contributed by atoms with Crippen molar-refractivity contribution in [3.63, 3.8) is 0 Å². The molecule has 1 saturated carbocycles. The molecule has 0 bridgehead atoms. The van der Waals surface area contributed by atoms with E-state index in [9.17, 15) is 4.79 Å². The minimum absolute atomic E-state index is 0. The van der Waals surface area contributed by atoms with Gasteiger partial charge in [0.05, 0.1) is 5.54 Å². The topological polar surface area (TPSA) is 46.3 Å². The first-order chi connectivity index (χ1) is 7.65. The third kappa shape index (κ3) is 3.14. The van der Waals surface area contributed by atoms with Crippen LogP contribution in [0.4, 0.5) is 0 Å². The summed E-state index contributed by atoms with van der Waals surface area (Å²) in [5, 5.41) is 0. The van der Waals surface area contributed by atoms with E-state index in [2.05, 4.69) is 6.92 Å². The molecule has 0 radical (unpaired) electrons. The fraction of sp³-hybridized carbons (Fsp3) is 0.923. The van der Waals surface area contributed by atoms with E-state index in [-0.39, 0.29) is 18.3 Å². The van der Waals surface area contributed by atoms with Gasteiger partial charge in [-0.15, -0.1) is 12.4 Å². The number of carbonyl (C=O) groups is 1. The summed E-state index contributed by atoms with van der Waals surface area (Å²) in [5.41, 5.74) is 5.75. The molecule has 2 fully saturated rings. The first-order valence-corrected chi connectivity index (χ1v) is 6.74. The number of likely N-dealkylation sites (tertiary alicyclic amines) is 1. The van der Waals surface area contributed by atoms with Crippen molar-refractivity contribution < 1.29 is 4.79 Å². The number of hydrogen-bond acceptors (Lipinski definition) is 2. The molecular weight excluding hydrogens is 236 g/mol. The maximum absolute atomic E-state index is 12.4. The summed E-state index contributed by atoms with van der Waals surface area (Å²) in [6, 6.07) is 0. The SMILES string of the molecule is CCC1CCN(C(=O)C2(N)CCCCC2)C1.Cl. The second-order valence-corrected chi connectivity index (χ2v) is 5.53. The number of carbonyl (C=O) groups excluding carboxylic acids is 1. The average molecular weight is 261 g/mol. The van der Waals surface area contributed by atoms with Gasteiger partial charge in [0.1, 0.15) is 0 Å². The van der Waals surface area contributed by atoms with E-state index < -0.39 is 5.54 Å². The Labute approximate surface area is 111 Å². The maximum Gasteiger partial charge on any atom is 0.242 e. The van der Waals surface area contributed by atoms with E-state index in [4.69, 9.17) is 5.73 Å². The summed E-state index contributed by atoms with van der Waals surface area (Å²) in [7, 11) is 0. The number of hydrogen-bond donors (Lipinski definition) is 1. The Morgan fingerprint density at radius 1 is 1.35 bits per heavy atom. The summed E-state index contributed by atoms with van der Waals surface area (Å²) in [6.45, 7) is 4.07. The Morgan fingerprint density at radius 2 is 2.00 bits per heavy atom. The molecule has 100 valence electrons. The van der Waals surface area contributed by atoms with Crippen LogP contribution in [0.25, 0.3) is 0 Å². The Morgan fingerprint density at radius 3 is 2.53 bits per heavy atom. The van der Waals surface area contributed by atoms with E-state index in [1.807, 2.05) is 4.90 Å². The Kier molecular flexibility index (Phi) is 5.26. The smallest absolute Gasteiger partial charge is 0.242 e. The van der Waals surface area contributed by atoms with Crippen molar-refractivity contribution in [2.45, 2.75) is 57.4 Å². The molecule has 1 unspecified atom stereocenters. The van der Waals surface area contributed by atoms with E-state index in [1.165, 1.54) is 19.3 Å². The minimum atomic E-state index is -0.527. The number of amides is 1. The van der Waals surface area contributed by atoms with Gasteiger partial charge in [-0.3, -0.25) is 4.79 Å². The van der Waals surface area contributed by atoms with Crippen molar-refractivity contribution in [3.8, 4) is 0 Å². The zero-order valence-electron chi connectivity index (χ0n) is 10.8. The monoisotopic (exact) mass is 260 g/mol. The maximum atomic E-state index is 12.4. The molecule has 4 heteroatoms. The van der Waals surface area contributed by atoms with Crippen LogP contribution in [-0.4, -0.2) is 29.4 Å². The van der Waals surface area contributed by atoms with Gasteiger partial charge in [-0.1, -0.05) is 32.6 Å². The van der Waals surface area contributed by atoms with Crippen LogP contribution in [-0.2, 0) is 4.79 Å². The zero-order valence-corrected chi connectivity index (χ0v) is 11.6. The molecule has 2 aliphatic rings. The van der Waals surface area contributed by atoms with Gasteiger partial charge in [0.25, 0.3) is 0 Å². The molecule has 0 aromatic carbocycles. The lowest BCUT2D eigenvalue weighted by molar-refractivity contribution is -0.137. The van der Waals surface area contributed by atoms with Crippen molar-refractivity contribution in [2.75, 3.05) is 13.1 Å². The highest BCUT2D eigenvalue weighted by Gasteiger charge is 2.40. The minimum Gasteiger partial charge on any atom is -0.341 e. The van der Waals surface area contributed by atoms with Gasteiger partial charge in [0, 0.05) is 13.1 Å². The zero-order chi connectivity index (χ0) is 11.6. The summed E-state index contributed by atoms with van der Waals surface area (Å²) in [5.74, 6) is 0.930. The Bertz CT molecular complexity index is 264. The lowest BCUT2D eigenvalue weighted by atomic mass is 9.81. The first-order valence-electron chi connectivity index (χ1n) is 6.74. The van der Waals surface area contributed by atoms with Crippen LogP contribution in [0.1, 0.15) is 51.9 Å². The van der Waals surface area contributed by atoms with E-state index in [0.29, 0.717) is 5.92 Å². The van der Waals surface area contributed by atoms with Crippen molar-refractivity contribution in [1.29, 1.82) is 0 Å².